The van der Waals surface area contributed by atoms with Gasteiger partial charge in [-0.05, 0) is 0 Å². The van der Waals surface area contributed by atoms with E-state index in [4.69, 9.17) is 9.47 Å². The van der Waals surface area contributed by atoms with E-state index in [1.165, 1.54) is 0 Å². The lowest BCUT2D eigenvalue weighted by Gasteiger charge is -2.22. The number of benzene rings is 1. The SMILES string of the molecule is COc1c(CBr)c(CBr)c(OC)c(CBr)c1CBr. The fourth-order valence-corrected chi connectivity index (χ4v) is 4.34. The van der Waals surface area contributed by atoms with Crippen LogP contribution in [0.4, 0.5) is 0 Å². The van der Waals surface area contributed by atoms with Crippen LogP contribution in [-0.2, 0) is 21.3 Å². The molecular formula is C12H14Br4O2. The van der Waals surface area contributed by atoms with Crippen LogP contribution in [0, 0.1) is 0 Å². The van der Waals surface area contributed by atoms with Gasteiger partial charge in [-0.25, -0.2) is 0 Å². The lowest BCUT2D eigenvalue weighted by Crippen LogP contribution is -2.06. The summed E-state index contributed by atoms with van der Waals surface area (Å²) in [6.45, 7) is 0. The molecule has 0 saturated carbocycles. The minimum atomic E-state index is 0.732. The van der Waals surface area contributed by atoms with E-state index >= 15 is 0 Å². The van der Waals surface area contributed by atoms with Gasteiger partial charge in [0.15, 0.2) is 0 Å². The van der Waals surface area contributed by atoms with Gasteiger partial charge in [0.25, 0.3) is 0 Å². The third kappa shape index (κ3) is 3.07. The second-order valence-electron chi connectivity index (χ2n) is 3.52. The number of rotatable bonds is 6. The van der Waals surface area contributed by atoms with E-state index in [0.29, 0.717) is 0 Å². The molecule has 0 aromatic heterocycles. The van der Waals surface area contributed by atoms with E-state index in [0.717, 1.165) is 55.1 Å². The minimum absolute atomic E-state index is 0.732. The van der Waals surface area contributed by atoms with Crippen LogP contribution in [0.1, 0.15) is 22.3 Å². The molecule has 1 aromatic carbocycles. The first-order chi connectivity index (χ1) is 8.69. The van der Waals surface area contributed by atoms with Crippen molar-refractivity contribution in [1.82, 2.24) is 0 Å². The Morgan fingerprint density at radius 3 is 0.944 bits per heavy atom. The third-order valence-electron chi connectivity index (χ3n) is 2.77. The fourth-order valence-electron chi connectivity index (χ4n) is 1.97. The van der Waals surface area contributed by atoms with Crippen molar-refractivity contribution in [1.29, 1.82) is 0 Å². The highest BCUT2D eigenvalue weighted by Crippen LogP contribution is 2.42. The number of methoxy groups -OCH3 is 2. The highest BCUT2D eigenvalue weighted by molar-refractivity contribution is 9.09. The number of hydrogen-bond donors (Lipinski definition) is 0. The van der Waals surface area contributed by atoms with Crippen molar-refractivity contribution in [2.75, 3.05) is 14.2 Å². The molecular weight excluding hydrogens is 496 g/mol. The zero-order chi connectivity index (χ0) is 13.7. The normalized spacial score (nSPS) is 10.6. The molecule has 1 rings (SSSR count). The fraction of sp³-hybridized carbons (Fsp3) is 0.500. The van der Waals surface area contributed by atoms with Crippen molar-refractivity contribution in [2.24, 2.45) is 0 Å². The maximum Gasteiger partial charge on any atom is 0.127 e. The summed E-state index contributed by atoms with van der Waals surface area (Å²) in [5.41, 5.74) is 4.52. The molecule has 6 heteroatoms. The van der Waals surface area contributed by atoms with Crippen LogP contribution < -0.4 is 9.47 Å². The second-order valence-corrected chi connectivity index (χ2v) is 5.76. The maximum absolute atomic E-state index is 5.59. The van der Waals surface area contributed by atoms with Gasteiger partial charge in [-0.3, -0.25) is 0 Å². The van der Waals surface area contributed by atoms with Gasteiger partial charge in [0.05, 0.1) is 14.2 Å². The van der Waals surface area contributed by atoms with Crippen LogP contribution in [0.3, 0.4) is 0 Å². The van der Waals surface area contributed by atoms with E-state index in [9.17, 15) is 0 Å². The Morgan fingerprint density at radius 1 is 0.611 bits per heavy atom. The predicted octanol–water partition coefficient (Wildman–Crippen LogP) is 5.28. The molecule has 1 aromatic rings. The molecule has 0 aliphatic carbocycles. The second kappa shape index (κ2) is 8.12. The Labute approximate surface area is 141 Å². The van der Waals surface area contributed by atoms with Crippen molar-refractivity contribution >= 4 is 63.7 Å². The molecule has 0 heterocycles. The Bertz CT molecular complexity index is 301. The lowest BCUT2D eigenvalue weighted by atomic mass is 9.98. The first kappa shape index (κ1) is 16.8. The Kier molecular flexibility index (Phi) is 7.58. The van der Waals surface area contributed by atoms with Crippen molar-refractivity contribution in [3.63, 3.8) is 0 Å². The monoisotopic (exact) mass is 506 g/mol. The smallest absolute Gasteiger partial charge is 0.127 e. The molecule has 0 aliphatic rings. The first-order valence-corrected chi connectivity index (χ1v) is 9.69. The molecule has 0 aliphatic heterocycles. The Morgan fingerprint density at radius 2 is 0.833 bits per heavy atom. The van der Waals surface area contributed by atoms with E-state index in [2.05, 4.69) is 63.7 Å². The van der Waals surface area contributed by atoms with E-state index in [-0.39, 0.29) is 0 Å². The van der Waals surface area contributed by atoms with Crippen LogP contribution in [0.25, 0.3) is 0 Å². The van der Waals surface area contributed by atoms with Gasteiger partial charge in [-0.1, -0.05) is 63.7 Å². The lowest BCUT2D eigenvalue weighted by molar-refractivity contribution is 0.391. The highest BCUT2D eigenvalue weighted by atomic mass is 79.9. The molecule has 0 fully saturated rings. The molecule has 0 amide bonds. The maximum atomic E-state index is 5.59. The quantitative estimate of drug-likeness (QED) is 0.486. The number of alkyl halides is 4. The number of hydrogen-bond acceptors (Lipinski definition) is 2. The van der Waals surface area contributed by atoms with Crippen molar-refractivity contribution in [3.05, 3.63) is 22.3 Å². The largest absolute Gasteiger partial charge is 0.496 e. The average Bonchev–Trinajstić information content (AvgIpc) is 2.43. The Hall–Kier alpha value is 0.740. The predicted molar refractivity (Wildman–Crippen MR) is 90.1 cm³/mol. The van der Waals surface area contributed by atoms with Crippen molar-refractivity contribution in [3.8, 4) is 11.5 Å². The van der Waals surface area contributed by atoms with Gasteiger partial charge >= 0.3 is 0 Å². The average molecular weight is 510 g/mol. The van der Waals surface area contributed by atoms with E-state index in [1.807, 2.05) is 0 Å². The molecule has 0 spiro atoms. The third-order valence-corrected chi connectivity index (χ3v) is 5.01. The summed E-state index contributed by atoms with van der Waals surface area (Å²) in [5.74, 6) is 1.85. The summed E-state index contributed by atoms with van der Waals surface area (Å²) in [6.07, 6.45) is 0. The molecule has 0 N–H and O–H groups in total. The molecule has 0 bridgehead atoms. The summed E-state index contributed by atoms with van der Waals surface area (Å²) < 4.78 is 11.2. The van der Waals surface area contributed by atoms with Gasteiger partial charge in [0.2, 0.25) is 0 Å². The standard InChI is InChI=1S/C12H14Br4O2/c1-17-11-7(3-13)9(5-15)12(18-2)10(6-16)8(11)4-14/h3-6H2,1-2H3. The van der Waals surface area contributed by atoms with Crippen LogP contribution >= 0.6 is 63.7 Å². The van der Waals surface area contributed by atoms with Crippen molar-refractivity contribution in [2.45, 2.75) is 21.3 Å². The molecule has 2 nitrogen and oxygen atoms in total. The van der Waals surface area contributed by atoms with Crippen LogP contribution in [0.2, 0.25) is 0 Å². The molecule has 102 valence electrons. The number of halogens is 4. The topological polar surface area (TPSA) is 18.5 Å². The van der Waals surface area contributed by atoms with Gasteiger partial charge in [-0.2, -0.15) is 0 Å². The zero-order valence-corrected chi connectivity index (χ0v) is 16.5. The molecule has 0 radical (unpaired) electrons. The van der Waals surface area contributed by atoms with Gasteiger partial charge in [0.1, 0.15) is 11.5 Å². The molecule has 0 unspecified atom stereocenters. The minimum Gasteiger partial charge on any atom is -0.496 e. The highest BCUT2D eigenvalue weighted by Gasteiger charge is 2.22. The van der Waals surface area contributed by atoms with Gasteiger partial charge < -0.3 is 9.47 Å². The van der Waals surface area contributed by atoms with E-state index < -0.39 is 0 Å². The van der Waals surface area contributed by atoms with Crippen LogP contribution in [-0.4, -0.2) is 14.2 Å². The van der Waals surface area contributed by atoms with Gasteiger partial charge in [0, 0.05) is 43.6 Å². The summed E-state index contributed by atoms with van der Waals surface area (Å²) in [4.78, 5) is 0. The first-order valence-electron chi connectivity index (χ1n) is 5.21. The Balaban J connectivity index is 3.71. The van der Waals surface area contributed by atoms with Crippen LogP contribution in [0.15, 0.2) is 0 Å². The molecule has 0 atom stereocenters. The van der Waals surface area contributed by atoms with E-state index in [1.54, 1.807) is 14.2 Å². The van der Waals surface area contributed by atoms with Crippen molar-refractivity contribution < 1.29 is 9.47 Å². The van der Waals surface area contributed by atoms with Crippen LogP contribution in [0.5, 0.6) is 11.5 Å². The summed E-state index contributed by atoms with van der Waals surface area (Å²) >= 11 is 14.1. The molecule has 18 heavy (non-hydrogen) atoms. The molecule has 0 saturated heterocycles. The zero-order valence-electron chi connectivity index (χ0n) is 10.2. The summed E-state index contributed by atoms with van der Waals surface area (Å²) in [7, 11) is 3.41. The number of ether oxygens (including phenoxy) is 2. The summed E-state index contributed by atoms with van der Waals surface area (Å²) in [5, 5.41) is 2.93. The van der Waals surface area contributed by atoms with Gasteiger partial charge in [-0.15, -0.1) is 0 Å². The summed E-state index contributed by atoms with van der Waals surface area (Å²) in [6, 6.07) is 0.